The molecule has 1 fully saturated rings. The Morgan fingerprint density at radius 2 is 2.44 bits per heavy atom. The van der Waals surface area contributed by atoms with Crippen LogP contribution in [0.5, 0.6) is 0 Å². The number of H-pyrrole nitrogens is 1. The molecule has 1 amide bonds. The molecule has 2 rings (SSSR count). The number of hydrogen-bond donors (Lipinski definition) is 1. The molecule has 0 spiro atoms. The molecule has 1 aromatic heterocycles. The van der Waals surface area contributed by atoms with Crippen molar-refractivity contribution in [1.82, 2.24) is 20.3 Å². The number of carbonyl (C=O) groups is 1. The maximum atomic E-state index is 12.1. The predicted octanol–water partition coefficient (Wildman–Crippen LogP) is -0.933. The van der Waals surface area contributed by atoms with Crippen LogP contribution in [0.1, 0.15) is 16.9 Å². The Balaban J connectivity index is 2.19. The molecule has 0 aliphatic carbocycles. The summed E-state index contributed by atoms with van der Waals surface area (Å²) >= 11 is 0. The highest BCUT2D eigenvalue weighted by molar-refractivity contribution is 7.91. The molecule has 1 saturated heterocycles. The maximum absolute atomic E-state index is 12.1. The van der Waals surface area contributed by atoms with E-state index < -0.39 is 15.7 Å². The predicted molar refractivity (Wildman–Crippen MR) is 63.3 cm³/mol. The van der Waals surface area contributed by atoms with E-state index >= 15 is 0 Å². The third-order valence-corrected chi connectivity index (χ3v) is 4.56. The zero-order chi connectivity index (χ0) is 13.2. The van der Waals surface area contributed by atoms with E-state index in [9.17, 15) is 13.2 Å². The number of aromatic amines is 1. The molecule has 1 N–H and O–H groups in total. The molecule has 7 nitrogen and oxygen atoms in total. The Hall–Kier alpha value is -1.88. The fourth-order valence-corrected chi connectivity index (χ4v) is 3.67. The zero-order valence-electron chi connectivity index (χ0n) is 9.54. The minimum atomic E-state index is -3.07. The highest BCUT2D eigenvalue weighted by Crippen LogP contribution is 2.19. The summed E-state index contributed by atoms with van der Waals surface area (Å²) in [6.07, 6.45) is 6.92. The van der Waals surface area contributed by atoms with Gasteiger partial charge in [0.2, 0.25) is 0 Å². The summed E-state index contributed by atoms with van der Waals surface area (Å²) in [4.78, 5) is 13.5. The first-order valence-electron chi connectivity index (χ1n) is 5.34. The normalized spacial score (nSPS) is 21.4. The number of carbonyl (C=O) groups excluding carboxylic acids is 1. The summed E-state index contributed by atoms with van der Waals surface area (Å²) in [5.41, 5.74) is 0.134. The molecule has 1 aromatic rings. The first-order chi connectivity index (χ1) is 8.53. The quantitative estimate of drug-likeness (QED) is 0.714. The highest BCUT2D eigenvalue weighted by atomic mass is 32.2. The van der Waals surface area contributed by atoms with Crippen LogP contribution in [0.15, 0.2) is 6.20 Å². The summed E-state index contributed by atoms with van der Waals surface area (Å²) in [5, 5.41) is 9.57. The molecule has 0 aromatic carbocycles. The third-order valence-electron chi connectivity index (χ3n) is 2.81. The molecule has 1 aliphatic rings. The van der Waals surface area contributed by atoms with Crippen molar-refractivity contribution in [1.29, 1.82) is 0 Å². The Morgan fingerprint density at radius 1 is 1.67 bits per heavy atom. The lowest BCUT2D eigenvalue weighted by molar-refractivity contribution is 0.0718. The van der Waals surface area contributed by atoms with E-state index in [1.54, 1.807) is 0 Å². The minimum absolute atomic E-state index is 0.0434. The summed E-state index contributed by atoms with van der Waals surface area (Å²) in [5.74, 6) is 2.01. The largest absolute Gasteiger partial charge is 0.322 e. The van der Waals surface area contributed by atoms with Crippen molar-refractivity contribution < 1.29 is 13.2 Å². The van der Waals surface area contributed by atoms with Crippen molar-refractivity contribution in [3.63, 3.8) is 0 Å². The minimum Gasteiger partial charge on any atom is -0.322 e. The van der Waals surface area contributed by atoms with Crippen LogP contribution in [-0.4, -0.2) is 58.7 Å². The summed E-state index contributed by atoms with van der Waals surface area (Å²) in [6.45, 7) is 0.0614. The molecule has 2 heterocycles. The van der Waals surface area contributed by atoms with Gasteiger partial charge < -0.3 is 4.90 Å². The summed E-state index contributed by atoms with van der Waals surface area (Å²) in [6, 6.07) is -0.379. The van der Waals surface area contributed by atoms with Gasteiger partial charge in [-0.2, -0.15) is 15.4 Å². The Morgan fingerprint density at radius 3 is 2.94 bits per heavy atom. The number of aromatic nitrogens is 3. The van der Waals surface area contributed by atoms with E-state index in [0.29, 0.717) is 6.42 Å². The average Bonchev–Trinajstić information content (AvgIpc) is 2.94. The van der Waals surface area contributed by atoms with Crippen molar-refractivity contribution in [2.75, 3.05) is 18.1 Å². The van der Waals surface area contributed by atoms with Gasteiger partial charge in [-0.1, -0.05) is 5.92 Å². The van der Waals surface area contributed by atoms with E-state index in [2.05, 4.69) is 21.3 Å². The van der Waals surface area contributed by atoms with Crippen molar-refractivity contribution in [2.24, 2.45) is 0 Å². The van der Waals surface area contributed by atoms with Gasteiger partial charge >= 0.3 is 0 Å². The number of nitrogens with one attached hydrogen (secondary N) is 1. The molecule has 1 aliphatic heterocycles. The molecule has 0 bridgehead atoms. The lowest BCUT2D eigenvalue weighted by Crippen LogP contribution is -2.41. The standard InChI is InChI=1S/C10H12N4O3S/c1-2-4-14(8-3-5-18(16,17)7-8)10(15)9-6-11-13-12-9/h1,6,8H,3-5,7H2,(H,11,12,13). The van der Waals surface area contributed by atoms with E-state index in [-0.39, 0.29) is 29.8 Å². The highest BCUT2D eigenvalue weighted by Gasteiger charge is 2.35. The van der Waals surface area contributed by atoms with E-state index in [1.165, 1.54) is 11.1 Å². The van der Waals surface area contributed by atoms with Crippen molar-refractivity contribution in [3.8, 4) is 12.3 Å². The second-order valence-corrected chi connectivity index (χ2v) is 6.28. The van der Waals surface area contributed by atoms with Gasteiger partial charge in [0.05, 0.1) is 24.2 Å². The molecule has 1 atom stereocenters. The molecule has 18 heavy (non-hydrogen) atoms. The lowest BCUT2D eigenvalue weighted by Gasteiger charge is -2.25. The van der Waals surface area contributed by atoms with Crippen LogP contribution in [0.4, 0.5) is 0 Å². The smallest absolute Gasteiger partial charge is 0.277 e. The maximum Gasteiger partial charge on any atom is 0.277 e. The van der Waals surface area contributed by atoms with Crippen LogP contribution in [0.2, 0.25) is 0 Å². The number of sulfone groups is 1. The van der Waals surface area contributed by atoms with Gasteiger partial charge in [0, 0.05) is 6.04 Å². The fraction of sp³-hybridized carbons (Fsp3) is 0.500. The Bertz CT molecular complexity index is 573. The van der Waals surface area contributed by atoms with Crippen LogP contribution >= 0.6 is 0 Å². The molecule has 0 radical (unpaired) electrons. The third kappa shape index (κ3) is 2.51. The molecular formula is C10H12N4O3S. The van der Waals surface area contributed by atoms with Crippen LogP contribution in [0.25, 0.3) is 0 Å². The SMILES string of the molecule is C#CCN(C(=O)c1cn[nH]n1)C1CCS(=O)(=O)C1. The van der Waals surface area contributed by atoms with Crippen LogP contribution in [0, 0.1) is 12.3 Å². The number of rotatable bonds is 3. The molecule has 96 valence electrons. The second kappa shape index (κ2) is 4.78. The van der Waals surface area contributed by atoms with E-state index in [0.717, 1.165) is 0 Å². The van der Waals surface area contributed by atoms with Gasteiger partial charge in [0.25, 0.3) is 5.91 Å². The second-order valence-electron chi connectivity index (χ2n) is 4.05. The first-order valence-corrected chi connectivity index (χ1v) is 7.16. The van der Waals surface area contributed by atoms with Gasteiger partial charge in [0.1, 0.15) is 0 Å². The van der Waals surface area contributed by atoms with Gasteiger partial charge in [0.15, 0.2) is 15.5 Å². The monoisotopic (exact) mass is 268 g/mol. The van der Waals surface area contributed by atoms with Crippen molar-refractivity contribution >= 4 is 15.7 Å². The topological polar surface area (TPSA) is 96.0 Å². The summed E-state index contributed by atoms with van der Waals surface area (Å²) < 4.78 is 22.9. The van der Waals surface area contributed by atoms with Gasteiger partial charge in [-0.3, -0.25) is 4.79 Å². The van der Waals surface area contributed by atoms with E-state index in [4.69, 9.17) is 6.42 Å². The molecular weight excluding hydrogens is 256 g/mol. The molecule has 0 saturated carbocycles. The fourth-order valence-electron chi connectivity index (χ4n) is 1.94. The van der Waals surface area contributed by atoms with Gasteiger partial charge in [-0.05, 0) is 6.42 Å². The first kappa shape index (κ1) is 12.6. The van der Waals surface area contributed by atoms with Crippen LogP contribution in [0.3, 0.4) is 0 Å². The van der Waals surface area contributed by atoms with Crippen LogP contribution < -0.4 is 0 Å². The van der Waals surface area contributed by atoms with E-state index in [1.807, 2.05) is 0 Å². The number of hydrogen-bond acceptors (Lipinski definition) is 5. The Labute approximate surface area is 104 Å². The average molecular weight is 268 g/mol. The van der Waals surface area contributed by atoms with Crippen molar-refractivity contribution in [3.05, 3.63) is 11.9 Å². The number of nitrogens with zero attached hydrogens (tertiary/aromatic N) is 3. The van der Waals surface area contributed by atoms with Gasteiger partial charge in [-0.15, -0.1) is 6.42 Å². The molecule has 8 heteroatoms. The lowest BCUT2D eigenvalue weighted by atomic mass is 10.2. The van der Waals surface area contributed by atoms with Crippen LogP contribution in [-0.2, 0) is 9.84 Å². The molecule has 1 unspecified atom stereocenters. The summed E-state index contributed by atoms with van der Waals surface area (Å²) in [7, 11) is -3.07. The Kier molecular flexibility index (Phi) is 3.34. The number of amides is 1. The zero-order valence-corrected chi connectivity index (χ0v) is 10.4. The number of terminal acetylenes is 1. The van der Waals surface area contributed by atoms with Gasteiger partial charge in [-0.25, -0.2) is 8.42 Å². The van der Waals surface area contributed by atoms with Crippen molar-refractivity contribution in [2.45, 2.75) is 12.5 Å².